The van der Waals surface area contributed by atoms with Gasteiger partial charge in [-0.2, -0.15) is 0 Å². The Kier molecular flexibility index (Phi) is 5.09. The smallest absolute Gasteiger partial charge is 0.128 e. The van der Waals surface area contributed by atoms with Crippen molar-refractivity contribution in [3.05, 3.63) is 35.1 Å². The van der Waals surface area contributed by atoms with Gasteiger partial charge < -0.3 is 15.5 Å². The zero-order chi connectivity index (χ0) is 14.5. The summed E-state index contributed by atoms with van der Waals surface area (Å²) in [6, 6.07) is 4.76. The quantitative estimate of drug-likeness (QED) is 0.614. The first kappa shape index (κ1) is 14.9. The molecule has 20 heavy (non-hydrogen) atoms. The van der Waals surface area contributed by atoms with Gasteiger partial charge in [0, 0.05) is 30.8 Å². The van der Waals surface area contributed by atoms with Crippen molar-refractivity contribution < 1.29 is 4.39 Å². The summed E-state index contributed by atoms with van der Waals surface area (Å²) >= 11 is 0. The fourth-order valence-corrected chi connectivity index (χ4v) is 2.53. The number of rotatable bonds is 6. The van der Waals surface area contributed by atoms with Crippen LogP contribution in [0.15, 0.2) is 18.2 Å². The summed E-state index contributed by atoms with van der Waals surface area (Å²) in [7, 11) is 2.01. The summed E-state index contributed by atoms with van der Waals surface area (Å²) in [4.78, 5) is 4.58. The molecule has 0 radical (unpaired) electrons. The third kappa shape index (κ3) is 4.02. The van der Waals surface area contributed by atoms with Crippen LogP contribution >= 0.6 is 0 Å². The second-order valence-electron chi connectivity index (χ2n) is 5.51. The van der Waals surface area contributed by atoms with Gasteiger partial charge in [0.2, 0.25) is 0 Å². The molecule has 4 nitrogen and oxygen atoms in total. The van der Waals surface area contributed by atoms with Crippen LogP contribution < -0.4 is 5.73 Å². The van der Waals surface area contributed by atoms with Gasteiger partial charge in [-0.25, -0.2) is 4.39 Å². The highest BCUT2D eigenvalue weighted by Gasteiger charge is 2.13. The second-order valence-corrected chi connectivity index (χ2v) is 5.51. The average Bonchev–Trinajstić information content (AvgIpc) is 2.91. The molecule has 0 amide bonds. The molecule has 0 unspecified atom stereocenters. The number of nitrogens with two attached hydrogens (primary N) is 1. The number of nitrogen functional groups attached to an aromatic ring is 1. The van der Waals surface area contributed by atoms with E-state index < -0.39 is 0 Å². The lowest BCUT2D eigenvalue weighted by Crippen LogP contribution is -2.31. The Balaban J connectivity index is 1.86. The van der Waals surface area contributed by atoms with Crippen molar-refractivity contribution >= 4 is 5.84 Å². The Labute approximate surface area is 119 Å². The first-order valence-electron chi connectivity index (χ1n) is 7.10. The monoisotopic (exact) mass is 278 g/mol. The lowest BCUT2D eigenvalue weighted by Gasteiger charge is -2.21. The summed E-state index contributed by atoms with van der Waals surface area (Å²) in [6.45, 7) is 4.94. The number of halogens is 1. The van der Waals surface area contributed by atoms with Gasteiger partial charge in [-0.1, -0.05) is 12.1 Å². The van der Waals surface area contributed by atoms with Crippen LogP contribution in [-0.2, 0) is 6.54 Å². The van der Waals surface area contributed by atoms with E-state index in [-0.39, 0.29) is 11.7 Å². The Morgan fingerprint density at radius 3 is 2.70 bits per heavy atom. The summed E-state index contributed by atoms with van der Waals surface area (Å²) in [5.41, 5.74) is 6.44. The molecule has 1 aromatic rings. The normalized spacial score (nSPS) is 15.9. The summed E-state index contributed by atoms with van der Waals surface area (Å²) in [6.07, 6.45) is 2.59. The number of nitrogens with one attached hydrogen (secondary N) is 1. The van der Waals surface area contributed by atoms with Gasteiger partial charge in [-0.3, -0.25) is 5.41 Å². The first-order valence-corrected chi connectivity index (χ1v) is 7.10. The van der Waals surface area contributed by atoms with E-state index in [1.807, 2.05) is 7.05 Å². The van der Waals surface area contributed by atoms with E-state index in [4.69, 9.17) is 11.1 Å². The predicted octanol–water partition coefficient (Wildman–Crippen LogP) is 1.64. The van der Waals surface area contributed by atoms with E-state index in [9.17, 15) is 4.39 Å². The molecule has 0 spiro atoms. The maximum Gasteiger partial charge on any atom is 0.128 e. The van der Waals surface area contributed by atoms with E-state index in [0.717, 1.165) is 13.1 Å². The molecule has 0 aromatic heterocycles. The van der Waals surface area contributed by atoms with Crippen LogP contribution in [0.5, 0.6) is 0 Å². The number of nitrogens with zero attached hydrogens (tertiary/aromatic N) is 2. The highest BCUT2D eigenvalue weighted by atomic mass is 19.1. The molecule has 0 saturated carbocycles. The molecule has 1 aliphatic heterocycles. The van der Waals surface area contributed by atoms with E-state index in [1.165, 1.54) is 32.0 Å². The van der Waals surface area contributed by atoms with Crippen molar-refractivity contribution in [2.75, 3.05) is 33.2 Å². The van der Waals surface area contributed by atoms with Gasteiger partial charge in [-0.15, -0.1) is 0 Å². The van der Waals surface area contributed by atoms with Gasteiger partial charge in [0.05, 0.1) is 0 Å². The van der Waals surface area contributed by atoms with Crippen molar-refractivity contribution in [2.45, 2.75) is 19.4 Å². The standard InChI is InChI=1S/C15H23FN4/c1-19(8-9-20-6-2-3-7-20)11-13-5-4-12(15(17)18)10-14(13)16/h4-5,10H,2-3,6-9,11H2,1H3,(H3,17,18). The van der Waals surface area contributed by atoms with Crippen LogP contribution in [0.3, 0.4) is 0 Å². The van der Waals surface area contributed by atoms with Crippen LogP contribution in [0.2, 0.25) is 0 Å². The van der Waals surface area contributed by atoms with Gasteiger partial charge in [0.25, 0.3) is 0 Å². The van der Waals surface area contributed by atoms with Crippen LogP contribution in [-0.4, -0.2) is 48.9 Å². The fourth-order valence-electron chi connectivity index (χ4n) is 2.53. The van der Waals surface area contributed by atoms with Crippen molar-refractivity contribution in [3.63, 3.8) is 0 Å². The van der Waals surface area contributed by atoms with Crippen molar-refractivity contribution in [1.82, 2.24) is 9.80 Å². The van der Waals surface area contributed by atoms with Crippen LogP contribution in [0.1, 0.15) is 24.0 Å². The second kappa shape index (κ2) is 6.81. The lowest BCUT2D eigenvalue weighted by atomic mass is 10.1. The molecule has 1 heterocycles. The lowest BCUT2D eigenvalue weighted by molar-refractivity contribution is 0.250. The van der Waals surface area contributed by atoms with Crippen LogP contribution in [0, 0.1) is 11.2 Å². The summed E-state index contributed by atoms with van der Waals surface area (Å²) in [5.74, 6) is -0.386. The molecule has 1 aliphatic rings. The average molecular weight is 278 g/mol. The molecular formula is C15H23FN4. The molecule has 1 fully saturated rings. The van der Waals surface area contributed by atoms with Crippen LogP contribution in [0.25, 0.3) is 0 Å². The number of likely N-dealkylation sites (tertiary alicyclic amines) is 1. The van der Waals surface area contributed by atoms with E-state index >= 15 is 0 Å². The topological polar surface area (TPSA) is 56.4 Å². The minimum atomic E-state index is -0.286. The Hall–Kier alpha value is -1.46. The molecule has 5 heteroatoms. The minimum absolute atomic E-state index is 0.0992. The Morgan fingerprint density at radius 1 is 1.40 bits per heavy atom. The molecule has 110 valence electrons. The Bertz CT molecular complexity index is 469. The van der Waals surface area contributed by atoms with Gasteiger partial charge >= 0.3 is 0 Å². The Morgan fingerprint density at radius 2 is 2.10 bits per heavy atom. The zero-order valence-electron chi connectivity index (χ0n) is 12.0. The number of hydrogen-bond acceptors (Lipinski definition) is 3. The van der Waals surface area contributed by atoms with Gasteiger partial charge in [0.1, 0.15) is 11.7 Å². The number of hydrogen-bond donors (Lipinski definition) is 2. The number of benzene rings is 1. The number of likely N-dealkylation sites (N-methyl/N-ethyl adjacent to an activating group) is 1. The molecule has 2 rings (SSSR count). The van der Waals surface area contributed by atoms with Crippen molar-refractivity contribution in [2.24, 2.45) is 5.73 Å². The van der Waals surface area contributed by atoms with Crippen LogP contribution in [0.4, 0.5) is 4.39 Å². The van der Waals surface area contributed by atoms with Gasteiger partial charge in [-0.05, 0) is 39.0 Å². The van der Waals surface area contributed by atoms with Gasteiger partial charge in [0.15, 0.2) is 0 Å². The molecular weight excluding hydrogens is 255 g/mol. The highest BCUT2D eigenvalue weighted by Crippen LogP contribution is 2.13. The molecule has 3 N–H and O–H groups in total. The molecule has 1 saturated heterocycles. The maximum absolute atomic E-state index is 13.9. The predicted molar refractivity (Wildman–Crippen MR) is 79.4 cm³/mol. The minimum Gasteiger partial charge on any atom is -0.384 e. The summed E-state index contributed by atoms with van der Waals surface area (Å²) in [5, 5.41) is 7.30. The van der Waals surface area contributed by atoms with E-state index in [2.05, 4.69) is 9.80 Å². The molecule has 1 aromatic carbocycles. The van der Waals surface area contributed by atoms with E-state index in [1.54, 1.807) is 12.1 Å². The zero-order valence-corrected chi connectivity index (χ0v) is 12.0. The SMILES string of the molecule is CN(CCN1CCCC1)Cc1ccc(C(=N)N)cc1F. The molecule has 0 atom stereocenters. The number of amidine groups is 1. The molecule has 0 bridgehead atoms. The largest absolute Gasteiger partial charge is 0.384 e. The van der Waals surface area contributed by atoms with Crippen molar-refractivity contribution in [1.29, 1.82) is 5.41 Å². The van der Waals surface area contributed by atoms with E-state index in [0.29, 0.717) is 17.7 Å². The third-order valence-corrected chi connectivity index (χ3v) is 3.80. The van der Waals surface area contributed by atoms with Crippen molar-refractivity contribution in [3.8, 4) is 0 Å². The maximum atomic E-state index is 13.9. The third-order valence-electron chi connectivity index (χ3n) is 3.80. The fraction of sp³-hybridized carbons (Fsp3) is 0.533. The highest BCUT2D eigenvalue weighted by molar-refractivity contribution is 5.94. The summed E-state index contributed by atoms with van der Waals surface area (Å²) < 4.78 is 13.9. The first-order chi connectivity index (χ1) is 9.56. The molecule has 0 aliphatic carbocycles.